The Morgan fingerprint density at radius 3 is 2.44 bits per heavy atom. The van der Waals surface area contributed by atoms with Gasteiger partial charge in [-0.3, -0.25) is 5.43 Å². The fourth-order valence-electron chi connectivity index (χ4n) is 2.69. The van der Waals surface area contributed by atoms with E-state index in [9.17, 15) is 4.79 Å². The summed E-state index contributed by atoms with van der Waals surface area (Å²) in [4.78, 5) is 12.4. The van der Waals surface area contributed by atoms with Crippen molar-refractivity contribution in [1.82, 2.24) is 5.43 Å². The molecule has 0 aliphatic rings. The van der Waals surface area contributed by atoms with Crippen molar-refractivity contribution in [2.45, 2.75) is 0 Å². The summed E-state index contributed by atoms with van der Waals surface area (Å²) in [7, 11) is 3.06. The van der Waals surface area contributed by atoms with Gasteiger partial charge in [0.05, 0.1) is 36.7 Å². The van der Waals surface area contributed by atoms with E-state index in [0.717, 1.165) is 0 Å². The topological polar surface area (TPSA) is 81.2 Å². The fraction of sp³-hybridized carbons (Fsp3) is 0.0870. The zero-order chi connectivity index (χ0) is 22.9. The molecular weight excluding hydrogens is 450 g/mol. The molecule has 32 heavy (non-hydrogen) atoms. The largest absolute Gasteiger partial charge is 0.495 e. The van der Waals surface area contributed by atoms with Gasteiger partial charge in [-0.1, -0.05) is 35.9 Å². The molecule has 0 spiro atoms. The highest BCUT2D eigenvalue weighted by Crippen LogP contribution is 2.29. The van der Waals surface area contributed by atoms with Gasteiger partial charge in [-0.15, -0.1) is 0 Å². The maximum absolute atomic E-state index is 12.4. The van der Waals surface area contributed by atoms with E-state index in [0.29, 0.717) is 32.9 Å². The molecule has 0 heterocycles. The number of methoxy groups -OCH3 is 2. The van der Waals surface area contributed by atoms with Crippen LogP contribution in [0.1, 0.15) is 15.9 Å². The zero-order valence-corrected chi connectivity index (χ0v) is 18.9. The van der Waals surface area contributed by atoms with E-state index in [-0.39, 0.29) is 11.3 Å². The van der Waals surface area contributed by atoms with E-state index in [2.05, 4.69) is 15.8 Å². The van der Waals surface area contributed by atoms with Gasteiger partial charge in [0, 0.05) is 0 Å². The fourth-order valence-corrected chi connectivity index (χ4v) is 3.07. The molecule has 0 bridgehead atoms. The average Bonchev–Trinajstić information content (AvgIpc) is 2.80. The Morgan fingerprint density at radius 2 is 1.69 bits per heavy atom. The summed E-state index contributed by atoms with van der Waals surface area (Å²) in [6.07, 6.45) is 1.55. The third-order valence-corrected chi connectivity index (χ3v) is 4.74. The summed E-state index contributed by atoms with van der Waals surface area (Å²) >= 11 is 11.3. The number of hydrogen-bond donors (Lipinski definition) is 2. The van der Waals surface area contributed by atoms with Crippen molar-refractivity contribution in [3.05, 3.63) is 82.9 Å². The normalized spacial score (nSPS) is 10.5. The minimum absolute atomic E-state index is 0.260. The quantitative estimate of drug-likeness (QED) is 0.167. The number of carbonyl (C=O) groups is 1. The van der Waals surface area contributed by atoms with Crippen molar-refractivity contribution in [3.8, 4) is 17.2 Å². The third-order valence-electron chi connectivity index (χ3n) is 4.22. The number of nitrogens with one attached hydrogen (secondary N) is 2. The number of nitrogens with zero attached hydrogens (tertiary/aromatic N) is 1. The van der Waals surface area contributed by atoms with E-state index < -0.39 is 5.97 Å². The van der Waals surface area contributed by atoms with Crippen LogP contribution in [-0.4, -0.2) is 31.5 Å². The molecule has 0 unspecified atom stereocenters. The van der Waals surface area contributed by atoms with Crippen molar-refractivity contribution in [3.63, 3.8) is 0 Å². The Bertz CT molecular complexity index is 1150. The Balaban J connectivity index is 1.64. The van der Waals surface area contributed by atoms with Gasteiger partial charge in [-0.2, -0.15) is 5.10 Å². The first-order chi connectivity index (χ1) is 15.5. The summed E-state index contributed by atoms with van der Waals surface area (Å²) in [6, 6.07) is 19.0. The molecule has 0 aromatic heterocycles. The van der Waals surface area contributed by atoms with Gasteiger partial charge < -0.3 is 19.5 Å². The van der Waals surface area contributed by atoms with Crippen molar-refractivity contribution in [2.75, 3.05) is 19.5 Å². The lowest BCUT2D eigenvalue weighted by Crippen LogP contribution is -2.24. The summed E-state index contributed by atoms with van der Waals surface area (Å²) in [5.74, 6) is 0.706. The Morgan fingerprint density at radius 1 is 0.969 bits per heavy atom. The SMILES string of the molecule is COc1ccccc1NC(=S)NN=Cc1ccc(OC(=O)c2ccccc2Cl)c(OC)c1. The van der Waals surface area contributed by atoms with Crippen molar-refractivity contribution in [2.24, 2.45) is 5.10 Å². The molecule has 0 radical (unpaired) electrons. The van der Waals surface area contributed by atoms with Crippen molar-refractivity contribution < 1.29 is 19.0 Å². The van der Waals surface area contributed by atoms with Crippen LogP contribution in [0.3, 0.4) is 0 Å². The van der Waals surface area contributed by atoms with Gasteiger partial charge in [-0.25, -0.2) is 4.79 Å². The molecule has 0 saturated heterocycles. The van der Waals surface area contributed by atoms with Gasteiger partial charge in [0.2, 0.25) is 0 Å². The van der Waals surface area contributed by atoms with Crippen LogP contribution >= 0.6 is 23.8 Å². The van der Waals surface area contributed by atoms with Crippen LogP contribution in [-0.2, 0) is 0 Å². The molecule has 0 saturated carbocycles. The number of anilines is 1. The highest BCUT2D eigenvalue weighted by atomic mass is 35.5. The summed E-state index contributed by atoms with van der Waals surface area (Å²) in [5.41, 5.74) is 4.42. The first kappa shape index (κ1) is 23.1. The van der Waals surface area contributed by atoms with Crippen LogP contribution in [0.4, 0.5) is 5.69 Å². The molecule has 164 valence electrons. The van der Waals surface area contributed by atoms with Gasteiger partial charge in [0.15, 0.2) is 16.6 Å². The number of para-hydroxylation sites is 2. The number of thiocarbonyl (C=S) groups is 1. The van der Waals surface area contributed by atoms with E-state index in [1.54, 1.807) is 55.8 Å². The molecule has 0 atom stereocenters. The number of hydrazone groups is 1. The second-order valence-corrected chi connectivity index (χ2v) is 7.12. The molecule has 2 N–H and O–H groups in total. The smallest absolute Gasteiger partial charge is 0.345 e. The number of esters is 1. The van der Waals surface area contributed by atoms with Crippen LogP contribution in [0, 0.1) is 0 Å². The van der Waals surface area contributed by atoms with Crippen LogP contribution in [0.25, 0.3) is 0 Å². The molecule has 0 amide bonds. The zero-order valence-electron chi connectivity index (χ0n) is 17.3. The van der Waals surface area contributed by atoms with Crippen LogP contribution < -0.4 is 25.0 Å². The second kappa shape index (κ2) is 11.1. The summed E-state index contributed by atoms with van der Waals surface area (Å²) in [5, 5.41) is 7.73. The van der Waals surface area contributed by atoms with Crippen LogP contribution in [0.15, 0.2) is 71.8 Å². The second-order valence-electron chi connectivity index (χ2n) is 6.30. The standard InChI is InChI=1S/C23H20ClN3O4S/c1-29-19-10-6-5-9-18(19)26-23(32)27-25-14-15-11-12-20(21(13-15)30-2)31-22(28)16-7-3-4-8-17(16)24/h3-14H,1-2H3,(H2,26,27,32). The molecule has 3 rings (SSSR count). The molecular formula is C23H20ClN3O4S. The highest BCUT2D eigenvalue weighted by molar-refractivity contribution is 7.80. The number of ether oxygens (including phenoxy) is 3. The van der Waals surface area contributed by atoms with Crippen molar-refractivity contribution >= 4 is 46.8 Å². The number of halogens is 1. The monoisotopic (exact) mass is 469 g/mol. The number of benzene rings is 3. The van der Waals surface area contributed by atoms with E-state index in [1.165, 1.54) is 7.11 Å². The summed E-state index contributed by atoms with van der Waals surface area (Å²) < 4.78 is 16.1. The van der Waals surface area contributed by atoms with Gasteiger partial charge in [0.1, 0.15) is 5.75 Å². The van der Waals surface area contributed by atoms with E-state index in [1.807, 2.05) is 24.3 Å². The number of hydrogen-bond acceptors (Lipinski definition) is 6. The predicted molar refractivity (Wildman–Crippen MR) is 129 cm³/mol. The lowest BCUT2D eigenvalue weighted by molar-refractivity contribution is 0.0730. The number of carbonyl (C=O) groups excluding carboxylic acids is 1. The van der Waals surface area contributed by atoms with E-state index >= 15 is 0 Å². The Labute approximate surface area is 195 Å². The van der Waals surface area contributed by atoms with E-state index in [4.69, 9.17) is 38.0 Å². The molecule has 7 nitrogen and oxygen atoms in total. The summed E-state index contributed by atoms with van der Waals surface area (Å²) in [6.45, 7) is 0. The minimum Gasteiger partial charge on any atom is -0.495 e. The van der Waals surface area contributed by atoms with Crippen molar-refractivity contribution in [1.29, 1.82) is 0 Å². The van der Waals surface area contributed by atoms with Gasteiger partial charge >= 0.3 is 5.97 Å². The van der Waals surface area contributed by atoms with Crippen LogP contribution in [0.2, 0.25) is 5.02 Å². The Kier molecular flexibility index (Phi) is 8.02. The van der Waals surface area contributed by atoms with Crippen LogP contribution in [0.5, 0.6) is 17.2 Å². The van der Waals surface area contributed by atoms with Gasteiger partial charge in [0.25, 0.3) is 0 Å². The van der Waals surface area contributed by atoms with Gasteiger partial charge in [-0.05, 0) is 60.2 Å². The average molecular weight is 470 g/mol. The maximum atomic E-state index is 12.4. The molecule has 0 aliphatic heterocycles. The lowest BCUT2D eigenvalue weighted by atomic mass is 10.2. The third kappa shape index (κ3) is 5.96. The molecule has 0 aliphatic carbocycles. The number of rotatable bonds is 7. The molecule has 3 aromatic carbocycles. The Hall–Kier alpha value is -3.62. The first-order valence-electron chi connectivity index (χ1n) is 9.39. The molecule has 0 fully saturated rings. The lowest BCUT2D eigenvalue weighted by Gasteiger charge is -2.11. The first-order valence-corrected chi connectivity index (χ1v) is 10.2. The minimum atomic E-state index is -0.579. The molecule has 9 heteroatoms. The maximum Gasteiger partial charge on any atom is 0.345 e. The predicted octanol–water partition coefficient (Wildman–Crippen LogP) is 4.90. The molecule has 3 aromatic rings. The highest BCUT2D eigenvalue weighted by Gasteiger charge is 2.15.